The molecule has 120 valence electrons. The molecule has 9 heteroatoms. The normalized spacial score (nSPS) is 10.4. The predicted molar refractivity (Wildman–Crippen MR) is 84.9 cm³/mol. The SMILES string of the molecule is Cc1ccc(NC(=O)c2ccccc2-n2cnnn2)cc1[N+](=O)[O-]. The van der Waals surface area contributed by atoms with Crippen molar-refractivity contribution in [2.24, 2.45) is 0 Å². The number of aryl methyl sites for hydroxylation is 1. The van der Waals surface area contributed by atoms with Crippen LogP contribution in [0.25, 0.3) is 5.69 Å². The zero-order chi connectivity index (χ0) is 17.1. The maximum atomic E-state index is 12.5. The van der Waals surface area contributed by atoms with E-state index in [-0.39, 0.29) is 5.69 Å². The Labute approximate surface area is 136 Å². The van der Waals surface area contributed by atoms with Crippen LogP contribution in [-0.4, -0.2) is 31.0 Å². The molecule has 24 heavy (non-hydrogen) atoms. The quantitative estimate of drug-likeness (QED) is 0.580. The Kier molecular flexibility index (Phi) is 3.98. The van der Waals surface area contributed by atoms with Crippen LogP contribution >= 0.6 is 0 Å². The number of nitrogens with zero attached hydrogens (tertiary/aromatic N) is 5. The number of benzene rings is 2. The number of nitro benzene ring substituents is 1. The molecule has 2 aromatic carbocycles. The molecule has 0 atom stereocenters. The van der Waals surface area contributed by atoms with Gasteiger partial charge in [0, 0.05) is 17.3 Å². The van der Waals surface area contributed by atoms with Crippen molar-refractivity contribution in [3.05, 3.63) is 70.0 Å². The summed E-state index contributed by atoms with van der Waals surface area (Å²) in [5.41, 5.74) is 1.65. The lowest BCUT2D eigenvalue weighted by Gasteiger charge is -2.09. The van der Waals surface area contributed by atoms with E-state index < -0.39 is 10.8 Å². The smallest absolute Gasteiger partial charge is 0.274 e. The first-order valence-corrected chi connectivity index (χ1v) is 6.95. The van der Waals surface area contributed by atoms with Crippen LogP contribution in [0, 0.1) is 17.0 Å². The van der Waals surface area contributed by atoms with Gasteiger partial charge >= 0.3 is 0 Å². The highest BCUT2D eigenvalue weighted by Crippen LogP contribution is 2.23. The summed E-state index contributed by atoms with van der Waals surface area (Å²) in [6.07, 6.45) is 1.38. The molecule has 0 aliphatic carbocycles. The van der Waals surface area contributed by atoms with E-state index in [2.05, 4.69) is 20.8 Å². The van der Waals surface area contributed by atoms with Gasteiger partial charge in [0.25, 0.3) is 11.6 Å². The van der Waals surface area contributed by atoms with Crippen molar-refractivity contribution in [1.82, 2.24) is 20.2 Å². The largest absolute Gasteiger partial charge is 0.322 e. The summed E-state index contributed by atoms with van der Waals surface area (Å²) in [7, 11) is 0. The molecule has 0 bridgehead atoms. The van der Waals surface area contributed by atoms with Gasteiger partial charge in [-0.1, -0.05) is 18.2 Å². The Hall–Kier alpha value is -3.62. The molecule has 9 nitrogen and oxygen atoms in total. The Balaban J connectivity index is 1.92. The number of nitro groups is 1. The second kappa shape index (κ2) is 6.24. The lowest BCUT2D eigenvalue weighted by molar-refractivity contribution is -0.385. The number of hydrogen-bond donors (Lipinski definition) is 1. The lowest BCUT2D eigenvalue weighted by Crippen LogP contribution is -2.15. The molecule has 3 aromatic rings. The minimum Gasteiger partial charge on any atom is -0.322 e. The Morgan fingerprint density at radius 1 is 1.25 bits per heavy atom. The number of aromatic nitrogens is 4. The van der Waals surface area contributed by atoms with Crippen molar-refractivity contribution >= 4 is 17.3 Å². The zero-order valence-electron chi connectivity index (χ0n) is 12.6. The van der Waals surface area contributed by atoms with Crippen LogP contribution < -0.4 is 5.32 Å². The first-order chi connectivity index (χ1) is 11.6. The summed E-state index contributed by atoms with van der Waals surface area (Å²) in [5, 5.41) is 24.5. The van der Waals surface area contributed by atoms with Crippen molar-refractivity contribution in [2.45, 2.75) is 6.92 Å². The molecule has 0 radical (unpaired) electrons. The second-order valence-electron chi connectivity index (χ2n) is 4.98. The molecule has 0 saturated heterocycles. The van der Waals surface area contributed by atoms with Crippen molar-refractivity contribution in [1.29, 1.82) is 0 Å². The van der Waals surface area contributed by atoms with Crippen LogP contribution in [0.5, 0.6) is 0 Å². The molecule has 0 aliphatic rings. The van der Waals surface area contributed by atoms with E-state index in [1.807, 2.05) is 0 Å². The summed E-state index contributed by atoms with van der Waals surface area (Å²) >= 11 is 0. The number of carbonyl (C=O) groups is 1. The van der Waals surface area contributed by atoms with E-state index in [0.29, 0.717) is 22.5 Å². The molecular formula is C15H12N6O3. The standard InChI is InChI=1S/C15H12N6O3/c1-10-6-7-11(8-14(10)21(23)24)17-15(22)12-4-2-3-5-13(12)20-9-16-18-19-20/h2-9H,1H3,(H,17,22). The van der Waals surface area contributed by atoms with Gasteiger partial charge in [-0.05, 0) is 35.5 Å². The molecule has 1 N–H and O–H groups in total. The lowest BCUT2D eigenvalue weighted by atomic mass is 10.1. The van der Waals surface area contributed by atoms with Crippen molar-refractivity contribution in [3.63, 3.8) is 0 Å². The first-order valence-electron chi connectivity index (χ1n) is 6.95. The summed E-state index contributed by atoms with van der Waals surface area (Å²) in [6, 6.07) is 11.3. The minimum atomic E-state index is -0.486. The predicted octanol–water partition coefficient (Wildman–Crippen LogP) is 2.13. The summed E-state index contributed by atoms with van der Waals surface area (Å²) in [6.45, 7) is 1.64. The molecule has 1 heterocycles. The van der Waals surface area contributed by atoms with Crippen LogP contribution in [-0.2, 0) is 0 Å². The van der Waals surface area contributed by atoms with E-state index in [9.17, 15) is 14.9 Å². The van der Waals surface area contributed by atoms with Gasteiger partial charge in [-0.25, -0.2) is 0 Å². The molecule has 0 saturated carbocycles. The summed E-state index contributed by atoms with van der Waals surface area (Å²) in [4.78, 5) is 23.1. The van der Waals surface area contributed by atoms with Gasteiger partial charge < -0.3 is 5.32 Å². The summed E-state index contributed by atoms with van der Waals surface area (Å²) < 4.78 is 1.37. The highest BCUT2D eigenvalue weighted by molar-refractivity contribution is 6.06. The Morgan fingerprint density at radius 3 is 2.75 bits per heavy atom. The third-order valence-corrected chi connectivity index (χ3v) is 3.41. The van der Waals surface area contributed by atoms with Crippen LogP contribution in [0.3, 0.4) is 0 Å². The number of tetrazole rings is 1. The molecular weight excluding hydrogens is 312 g/mol. The Morgan fingerprint density at radius 2 is 2.04 bits per heavy atom. The maximum Gasteiger partial charge on any atom is 0.274 e. The molecule has 1 amide bonds. The number of hydrogen-bond acceptors (Lipinski definition) is 6. The van der Waals surface area contributed by atoms with Crippen LogP contribution in [0.4, 0.5) is 11.4 Å². The fraction of sp³-hybridized carbons (Fsp3) is 0.0667. The van der Waals surface area contributed by atoms with E-state index in [4.69, 9.17) is 0 Å². The Bertz CT molecular complexity index is 907. The van der Waals surface area contributed by atoms with Crippen LogP contribution in [0.2, 0.25) is 0 Å². The minimum absolute atomic E-state index is 0.0541. The number of anilines is 1. The number of carbonyl (C=O) groups excluding carboxylic acids is 1. The topological polar surface area (TPSA) is 116 Å². The van der Waals surface area contributed by atoms with Crippen molar-refractivity contribution < 1.29 is 9.72 Å². The molecule has 1 aromatic heterocycles. The van der Waals surface area contributed by atoms with E-state index >= 15 is 0 Å². The first kappa shape index (κ1) is 15.3. The third kappa shape index (κ3) is 2.95. The number of rotatable bonds is 4. The van der Waals surface area contributed by atoms with Gasteiger partial charge in [-0.3, -0.25) is 14.9 Å². The van der Waals surface area contributed by atoms with Crippen molar-refractivity contribution in [2.75, 3.05) is 5.32 Å². The highest BCUT2D eigenvalue weighted by Gasteiger charge is 2.16. The molecule has 0 fully saturated rings. The van der Waals surface area contributed by atoms with E-state index in [1.54, 1.807) is 43.3 Å². The zero-order valence-corrected chi connectivity index (χ0v) is 12.6. The average Bonchev–Trinajstić information content (AvgIpc) is 3.10. The number of para-hydroxylation sites is 1. The fourth-order valence-corrected chi connectivity index (χ4v) is 2.22. The average molecular weight is 324 g/mol. The number of amides is 1. The van der Waals surface area contributed by atoms with E-state index in [1.165, 1.54) is 17.1 Å². The highest BCUT2D eigenvalue weighted by atomic mass is 16.6. The maximum absolute atomic E-state index is 12.5. The summed E-state index contributed by atoms with van der Waals surface area (Å²) in [5.74, 6) is -0.417. The second-order valence-corrected chi connectivity index (χ2v) is 4.98. The molecule has 0 unspecified atom stereocenters. The van der Waals surface area contributed by atoms with Gasteiger partial charge in [0.2, 0.25) is 0 Å². The van der Waals surface area contributed by atoms with Gasteiger partial charge in [0.05, 0.1) is 16.2 Å². The number of nitrogens with one attached hydrogen (secondary N) is 1. The van der Waals surface area contributed by atoms with Gasteiger partial charge in [0.1, 0.15) is 6.33 Å². The van der Waals surface area contributed by atoms with Gasteiger partial charge in [0.15, 0.2) is 0 Å². The van der Waals surface area contributed by atoms with Crippen molar-refractivity contribution in [3.8, 4) is 5.69 Å². The van der Waals surface area contributed by atoms with Gasteiger partial charge in [-0.15, -0.1) is 5.10 Å². The van der Waals surface area contributed by atoms with Crippen LogP contribution in [0.1, 0.15) is 15.9 Å². The van der Waals surface area contributed by atoms with Crippen LogP contribution in [0.15, 0.2) is 48.8 Å². The van der Waals surface area contributed by atoms with Gasteiger partial charge in [-0.2, -0.15) is 4.68 Å². The molecule has 3 rings (SSSR count). The fourth-order valence-electron chi connectivity index (χ4n) is 2.22. The van der Waals surface area contributed by atoms with E-state index in [0.717, 1.165) is 0 Å². The molecule has 0 aliphatic heterocycles. The molecule has 0 spiro atoms. The third-order valence-electron chi connectivity index (χ3n) is 3.41. The monoisotopic (exact) mass is 324 g/mol.